The molecule has 0 bridgehead atoms. The van der Waals surface area contributed by atoms with E-state index in [0.717, 1.165) is 4.90 Å². The first-order chi connectivity index (χ1) is 7.42. The Balaban J connectivity index is 2.29. The van der Waals surface area contributed by atoms with Crippen LogP contribution in [-0.4, -0.2) is 5.23 Å². The summed E-state index contributed by atoms with van der Waals surface area (Å²) in [6.07, 6.45) is 0. The lowest BCUT2D eigenvalue weighted by molar-refractivity contribution is 0.572. The minimum absolute atomic E-state index is 0.633. The number of hydrogen-bond donors (Lipinski definition) is 1. The van der Waals surface area contributed by atoms with Crippen molar-refractivity contribution in [3.05, 3.63) is 42.5 Å². The lowest BCUT2D eigenvalue weighted by Gasteiger charge is -2.25. The van der Waals surface area contributed by atoms with Gasteiger partial charge in [0.2, 0.25) is 0 Å². The van der Waals surface area contributed by atoms with E-state index in [-0.39, 0.29) is 0 Å². The number of rotatable bonds is 1. The Labute approximate surface area is 91.3 Å². The van der Waals surface area contributed by atoms with Crippen LogP contribution in [0.5, 0.6) is 0 Å². The highest BCUT2D eigenvalue weighted by Crippen LogP contribution is 2.49. The summed E-state index contributed by atoms with van der Waals surface area (Å²) >= 11 is 0.633. The van der Waals surface area contributed by atoms with Crippen LogP contribution in [0.25, 0.3) is 22.3 Å². The summed E-state index contributed by atoms with van der Waals surface area (Å²) in [5.74, 6) is 0. The molecule has 1 nitrogen and oxygen atoms in total. The Morgan fingerprint density at radius 2 is 1.60 bits per heavy atom. The summed E-state index contributed by atoms with van der Waals surface area (Å²) in [6, 6.07) is 14.4. The third-order valence-electron chi connectivity index (χ3n) is 2.70. The quantitative estimate of drug-likeness (QED) is 0.484. The van der Waals surface area contributed by atoms with Gasteiger partial charge in [0.15, 0.2) is 5.23 Å². The maximum atomic E-state index is 10.4. The maximum Gasteiger partial charge on any atom is 0.157 e. The summed E-state index contributed by atoms with van der Waals surface area (Å²) in [6.45, 7) is 0. The summed E-state index contributed by atoms with van der Waals surface area (Å²) in [7, 11) is 0. The van der Waals surface area contributed by atoms with Crippen LogP contribution in [-0.2, 0) is 4.79 Å². The zero-order valence-electron chi connectivity index (χ0n) is 7.90. The highest BCUT2D eigenvalue weighted by atomic mass is 32.1. The topological polar surface area (TPSA) is 17.1 Å². The molecule has 0 spiro atoms. The molecule has 0 atom stereocenters. The van der Waals surface area contributed by atoms with Crippen molar-refractivity contribution in [2.24, 2.45) is 0 Å². The molecule has 72 valence electrons. The number of benzene rings is 2. The van der Waals surface area contributed by atoms with Gasteiger partial charge in [0.25, 0.3) is 0 Å². The van der Waals surface area contributed by atoms with E-state index in [9.17, 15) is 4.79 Å². The van der Waals surface area contributed by atoms with Crippen molar-refractivity contribution in [1.29, 1.82) is 0 Å². The van der Waals surface area contributed by atoms with Crippen molar-refractivity contribution < 1.29 is 4.79 Å². The van der Waals surface area contributed by atoms with Crippen LogP contribution >= 0.6 is 11.4 Å². The fourth-order valence-corrected chi connectivity index (χ4v) is 2.68. The van der Waals surface area contributed by atoms with Gasteiger partial charge >= 0.3 is 0 Å². The molecule has 1 aliphatic carbocycles. The summed E-state index contributed by atoms with van der Waals surface area (Å²) in [5.41, 5.74) is 5.02. The molecule has 0 amide bonds. The van der Waals surface area contributed by atoms with Gasteiger partial charge in [-0.05, 0) is 22.8 Å². The lowest BCUT2D eigenvalue weighted by Crippen LogP contribution is -1.98. The minimum atomic E-state index is 0.633. The zero-order chi connectivity index (χ0) is 10.3. The second kappa shape index (κ2) is 3.20. The third-order valence-corrected chi connectivity index (χ3v) is 3.40. The molecule has 1 aliphatic rings. The molecule has 2 aromatic carbocycles. The number of carbonyl (C=O) groups excluding carboxylic acids is 1. The van der Waals surface area contributed by atoms with E-state index in [1.807, 2.05) is 29.5 Å². The summed E-state index contributed by atoms with van der Waals surface area (Å²) < 4.78 is 0. The average Bonchev–Trinajstić information content (AvgIpc) is 2.26. The molecular formula is C13H8OS. The van der Waals surface area contributed by atoms with Crippen molar-refractivity contribution in [3.63, 3.8) is 0 Å². The Kier molecular flexibility index (Phi) is 1.84. The molecule has 0 saturated heterocycles. The normalized spacial score (nSPS) is 10.9. The predicted molar refractivity (Wildman–Crippen MR) is 63.8 cm³/mol. The number of hydrogen-bond acceptors (Lipinski definition) is 1. The zero-order valence-corrected chi connectivity index (χ0v) is 8.79. The summed E-state index contributed by atoms with van der Waals surface area (Å²) in [4.78, 5) is 11.5. The fourth-order valence-electron chi connectivity index (χ4n) is 2.06. The monoisotopic (exact) mass is 212 g/mol. The maximum absolute atomic E-state index is 10.4. The number of thiol groups is 1. The Hall–Kier alpha value is -1.63. The molecule has 0 heterocycles. The highest BCUT2D eigenvalue weighted by molar-refractivity contribution is 7.97. The first kappa shape index (κ1) is 8.66. The average molecular weight is 212 g/mol. The second-order valence-electron chi connectivity index (χ2n) is 3.45. The molecule has 0 N–H and O–H groups in total. The van der Waals surface area contributed by atoms with E-state index in [0.29, 0.717) is 11.4 Å². The Morgan fingerprint density at radius 1 is 0.867 bits per heavy atom. The third kappa shape index (κ3) is 1.13. The van der Waals surface area contributed by atoms with Gasteiger partial charge in [-0.15, -0.1) is 0 Å². The van der Waals surface area contributed by atoms with Crippen LogP contribution in [0.4, 0.5) is 0 Å². The van der Waals surface area contributed by atoms with E-state index in [4.69, 9.17) is 0 Å². The molecule has 0 radical (unpaired) electrons. The van der Waals surface area contributed by atoms with E-state index in [2.05, 4.69) is 18.2 Å². The van der Waals surface area contributed by atoms with Crippen LogP contribution in [0, 0.1) is 0 Å². The van der Waals surface area contributed by atoms with Gasteiger partial charge in [-0.3, -0.25) is 0 Å². The first-order valence-corrected chi connectivity index (χ1v) is 5.62. The molecule has 0 aromatic heterocycles. The Morgan fingerprint density at radius 3 is 2.40 bits per heavy atom. The van der Waals surface area contributed by atoms with E-state index < -0.39 is 0 Å². The number of fused-ring (bicyclic) bond motifs is 4. The van der Waals surface area contributed by atoms with Gasteiger partial charge in [-0.1, -0.05) is 47.7 Å². The minimum Gasteiger partial charge on any atom is -0.226 e. The highest BCUT2D eigenvalue weighted by Gasteiger charge is 2.23. The molecule has 2 aromatic rings. The Bertz CT molecular complexity index is 595. The standard InChI is InChI=1S/C13H8OS/c14-8-15-12-7-3-6-11-9-4-1-2-5-10(9)13(11)12/h1-7,15H. The van der Waals surface area contributed by atoms with E-state index in [1.54, 1.807) is 0 Å². The van der Waals surface area contributed by atoms with Gasteiger partial charge in [0, 0.05) is 10.5 Å². The van der Waals surface area contributed by atoms with Gasteiger partial charge in [-0.25, -0.2) is 4.79 Å². The van der Waals surface area contributed by atoms with Gasteiger partial charge in [-0.2, -0.15) is 0 Å². The van der Waals surface area contributed by atoms with Crippen molar-refractivity contribution in [3.8, 4) is 22.3 Å². The van der Waals surface area contributed by atoms with Crippen molar-refractivity contribution in [1.82, 2.24) is 0 Å². The largest absolute Gasteiger partial charge is 0.226 e. The smallest absolute Gasteiger partial charge is 0.157 e. The summed E-state index contributed by atoms with van der Waals surface area (Å²) in [5, 5.41) is 1.94. The molecule has 0 saturated carbocycles. The van der Waals surface area contributed by atoms with Crippen molar-refractivity contribution >= 4 is 16.6 Å². The first-order valence-electron chi connectivity index (χ1n) is 4.72. The van der Waals surface area contributed by atoms with Crippen molar-refractivity contribution in [2.75, 3.05) is 0 Å². The van der Waals surface area contributed by atoms with E-state index >= 15 is 0 Å². The van der Waals surface area contributed by atoms with Gasteiger partial charge < -0.3 is 0 Å². The van der Waals surface area contributed by atoms with Crippen molar-refractivity contribution in [2.45, 2.75) is 4.90 Å². The van der Waals surface area contributed by atoms with Crippen LogP contribution in [0.2, 0.25) is 0 Å². The fraction of sp³-hybridized carbons (Fsp3) is 0. The van der Waals surface area contributed by atoms with Gasteiger partial charge in [0.05, 0.1) is 0 Å². The molecular weight excluding hydrogens is 204 g/mol. The predicted octanol–water partition coefficient (Wildman–Crippen LogP) is 3.23. The van der Waals surface area contributed by atoms with Crippen LogP contribution in [0.15, 0.2) is 47.4 Å². The van der Waals surface area contributed by atoms with Crippen LogP contribution in [0.3, 0.4) is 0 Å². The molecule has 0 fully saturated rings. The molecule has 15 heavy (non-hydrogen) atoms. The lowest BCUT2D eigenvalue weighted by atomic mass is 9.81. The van der Waals surface area contributed by atoms with E-state index in [1.165, 1.54) is 22.3 Å². The molecule has 3 rings (SSSR count). The van der Waals surface area contributed by atoms with Crippen LogP contribution < -0.4 is 0 Å². The van der Waals surface area contributed by atoms with Crippen LogP contribution in [0.1, 0.15) is 0 Å². The molecule has 2 heteroatoms. The second-order valence-corrected chi connectivity index (χ2v) is 4.34. The molecule has 0 unspecified atom stereocenters. The molecule has 0 aliphatic heterocycles. The van der Waals surface area contributed by atoms with Gasteiger partial charge in [0.1, 0.15) is 0 Å². The SMILES string of the molecule is O=C=[SH]c1cccc2c1-c1ccccc1-2.